The lowest BCUT2D eigenvalue weighted by Gasteiger charge is -2.13. The third-order valence-electron chi connectivity index (χ3n) is 5.94. The van der Waals surface area contributed by atoms with Crippen LogP contribution in [0.15, 0.2) is 71.7 Å². The van der Waals surface area contributed by atoms with Crippen molar-refractivity contribution in [3.8, 4) is 0 Å². The minimum absolute atomic E-state index is 0.155. The minimum atomic E-state index is -0.319. The minimum Gasteiger partial charge on any atom is -0.326 e. The lowest BCUT2D eigenvalue weighted by molar-refractivity contribution is -0.116. The fourth-order valence-electron chi connectivity index (χ4n) is 4.22. The Morgan fingerprint density at radius 2 is 1.77 bits per heavy atom. The zero-order valence-corrected chi connectivity index (χ0v) is 19.1. The van der Waals surface area contributed by atoms with Crippen molar-refractivity contribution in [2.45, 2.75) is 26.3 Å². The molecule has 4 aromatic rings. The first kappa shape index (κ1) is 22.3. The number of imide groups is 1. The molecule has 0 saturated carbocycles. The molecule has 176 valence electrons. The molecular formula is C26H23N5O4. The van der Waals surface area contributed by atoms with Gasteiger partial charge in [-0.05, 0) is 55.3 Å². The number of rotatable bonds is 7. The van der Waals surface area contributed by atoms with Gasteiger partial charge in [-0.1, -0.05) is 29.8 Å². The van der Waals surface area contributed by atoms with Gasteiger partial charge in [-0.3, -0.25) is 23.7 Å². The number of benzene rings is 2. The number of carbonyl (C=O) groups is 3. The molecule has 3 amide bonds. The normalized spacial score (nSPS) is 12.9. The van der Waals surface area contributed by atoms with E-state index in [4.69, 9.17) is 0 Å². The molecule has 0 radical (unpaired) electrons. The highest BCUT2D eigenvalue weighted by atomic mass is 16.2. The summed E-state index contributed by atoms with van der Waals surface area (Å²) in [6.45, 7) is 2.31. The highest BCUT2D eigenvalue weighted by molar-refractivity contribution is 6.21. The molecular weight excluding hydrogens is 446 g/mol. The van der Waals surface area contributed by atoms with E-state index >= 15 is 0 Å². The standard InChI is InChI=1S/C26H23N5O4/c1-17-10-11-20-21(14-17)25(34)30(24(20)33)13-5-9-23(32)27-19-7-4-6-18(15-19)16-31-26(35)29-12-3-2-8-22(29)28-31/h2-4,6-8,10-12,14-15H,5,9,13,16H2,1H3,(H,27,32). The summed E-state index contributed by atoms with van der Waals surface area (Å²) in [6, 6.07) is 17.8. The van der Waals surface area contributed by atoms with E-state index in [1.165, 1.54) is 14.0 Å². The predicted octanol–water partition coefficient (Wildman–Crippen LogP) is 2.87. The van der Waals surface area contributed by atoms with Gasteiger partial charge in [0.15, 0.2) is 5.65 Å². The van der Waals surface area contributed by atoms with Crippen molar-refractivity contribution in [2.75, 3.05) is 11.9 Å². The summed E-state index contributed by atoms with van der Waals surface area (Å²) < 4.78 is 2.85. The second-order valence-corrected chi connectivity index (χ2v) is 8.53. The summed E-state index contributed by atoms with van der Waals surface area (Å²) in [7, 11) is 0. The molecule has 0 atom stereocenters. The number of amides is 3. The van der Waals surface area contributed by atoms with Crippen molar-refractivity contribution in [1.82, 2.24) is 19.1 Å². The zero-order chi connectivity index (χ0) is 24.5. The maximum Gasteiger partial charge on any atom is 0.350 e. The number of nitrogens with zero attached hydrogens (tertiary/aromatic N) is 4. The summed E-state index contributed by atoms with van der Waals surface area (Å²) in [4.78, 5) is 51.3. The summed E-state index contributed by atoms with van der Waals surface area (Å²) in [5.41, 5.74) is 3.48. The Balaban J connectivity index is 1.18. The molecule has 1 aliphatic heterocycles. The first-order chi connectivity index (χ1) is 16.9. The predicted molar refractivity (Wildman–Crippen MR) is 129 cm³/mol. The van der Waals surface area contributed by atoms with Gasteiger partial charge in [-0.25, -0.2) is 9.48 Å². The second kappa shape index (κ2) is 9.02. The lowest BCUT2D eigenvalue weighted by Crippen LogP contribution is -2.31. The van der Waals surface area contributed by atoms with Crippen molar-refractivity contribution >= 4 is 29.1 Å². The smallest absolute Gasteiger partial charge is 0.326 e. The number of aromatic nitrogens is 3. The number of hydrogen-bond acceptors (Lipinski definition) is 5. The zero-order valence-electron chi connectivity index (χ0n) is 19.1. The average molecular weight is 470 g/mol. The first-order valence-electron chi connectivity index (χ1n) is 11.3. The van der Waals surface area contributed by atoms with Gasteiger partial charge in [0, 0.05) is 24.8 Å². The molecule has 9 heteroatoms. The quantitative estimate of drug-likeness (QED) is 0.419. The third kappa shape index (κ3) is 4.35. The molecule has 1 N–H and O–H groups in total. The van der Waals surface area contributed by atoms with Crippen LogP contribution in [0.25, 0.3) is 5.65 Å². The number of nitrogens with one attached hydrogen (secondary N) is 1. The average Bonchev–Trinajstić information content (AvgIpc) is 3.27. The molecule has 3 heterocycles. The monoisotopic (exact) mass is 469 g/mol. The Hall–Kier alpha value is -4.53. The number of pyridine rings is 1. The molecule has 1 aliphatic rings. The van der Waals surface area contributed by atoms with Crippen molar-refractivity contribution in [2.24, 2.45) is 0 Å². The number of aryl methyl sites for hydroxylation is 1. The van der Waals surface area contributed by atoms with Crippen molar-refractivity contribution in [3.63, 3.8) is 0 Å². The Bertz CT molecular complexity index is 1530. The fourth-order valence-corrected chi connectivity index (χ4v) is 4.22. The Labute approximate surface area is 200 Å². The Morgan fingerprint density at radius 3 is 2.60 bits per heavy atom. The number of carbonyl (C=O) groups excluding carboxylic acids is 3. The van der Waals surface area contributed by atoms with Gasteiger partial charge in [0.1, 0.15) is 0 Å². The van der Waals surface area contributed by atoms with Crippen LogP contribution in [-0.4, -0.2) is 43.3 Å². The van der Waals surface area contributed by atoms with Crippen LogP contribution in [0.2, 0.25) is 0 Å². The van der Waals surface area contributed by atoms with E-state index < -0.39 is 0 Å². The van der Waals surface area contributed by atoms with Crippen LogP contribution >= 0.6 is 0 Å². The van der Waals surface area contributed by atoms with E-state index in [2.05, 4.69) is 10.4 Å². The lowest BCUT2D eigenvalue weighted by atomic mass is 10.1. The topological polar surface area (TPSA) is 106 Å². The summed E-state index contributed by atoms with van der Waals surface area (Å²) in [5, 5.41) is 7.17. The van der Waals surface area contributed by atoms with Gasteiger partial charge in [-0.15, -0.1) is 5.10 Å². The van der Waals surface area contributed by atoms with Crippen LogP contribution < -0.4 is 11.0 Å². The molecule has 2 aromatic heterocycles. The summed E-state index contributed by atoms with van der Waals surface area (Å²) in [5.74, 6) is -0.858. The van der Waals surface area contributed by atoms with Crippen LogP contribution in [0.3, 0.4) is 0 Å². The fraction of sp³-hybridized carbons (Fsp3) is 0.192. The van der Waals surface area contributed by atoms with E-state index in [-0.39, 0.29) is 42.9 Å². The molecule has 9 nitrogen and oxygen atoms in total. The highest BCUT2D eigenvalue weighted by Crippen LogP contribution is 2.24. The summed E-state index contributed by atoms with van der Waals surface area (Å²) in [6.07, 6.45) is 2.18. The van der Waals surface area contributed by atoms with Gasteiger partial charge in [0.2, 0.25) is 5.91 Å². The van der Waals surface area contributed by atoms with E-state index in [1.54, 1.807) is 54.7 Å². The van der Waals surface area contributed by atoms with Gasteiger partial charge in [-0.2, -0.15) is 0 Å². The van der Waals surface area contributed by atoms with Crippen LogP contribution in [0.5, 0.6) is 0 Å². The van der Waals surface area contributed by atoms with E-state index in [0.717, 1.165) is 11.1 Å². The molecule has 0 spiro atoms. The Kier molecular flexibility index (Phi) is 5.74. The molecule has 0 fully saturated rings. The van der Waals surface area contributed by atoms with E-state index in [1.807, 2.05) is 19.1 Å². The van der Waals surface area contributed by atoms with Crippen LogP contribution in [0.4, 0.5) is 5.69 Å². The molecule has 0 aliphatic carbocycles. The molecule has 0 saturated heterocycles. The molecule has 5 rings (SSSR count). The molecule has 35 heavy (non-hydrogen) atoms. The Morgan fingerprint density at radius 1 is 0.943 bits per heavy atom. The molecule has 0 unspecified atom stereocenters. The van der Waals surface area contributed by atoms with E-state index in [0.29, 0.717) is 28.9 Å². The number of hydrogen-bond donors (Lipinski definition) is 1. The van der Waals surface area contributed by atoms with Crippen molar-refractivity contribution in [1.29, 1.82) is 0 Å². The summed E-state index contributed by atoms with van der Waals surface area (Å²) >= 11 is 0. The molecule has 0 bridgehead atoms. The van der Waals surface area contributed by atoms with Gasteiger partial charge >= 0.3 is 5.69 Å². The maximum absolute atomic E-state index is 12.6. The van der Waals surface area contributed by atoms with Crippen LogP contribution in [0, 0.1) is 6.92 Å². The molecule has 2 aromatic carbocycles. The van der Waals surface area contributed by atoms with Gasteiger partial charge in [0.25, 0.3) is 11.8 Å². The van der Waals surface area contributed by atoms with Crippen molar-refractivity contribution < 1.29 is 14.4 Å². The van der Waals surface area contributed by atoms with Gasteiger partial charge < -0.3 is 5.32 Å². The third-order valence-corrected chi connectivity index (χ3v) is 5.94. The second-order valence-electron chi connectivity index (χ2n) is 8.53. The van der Waals surface area contributed by atoms with E-state index in [9.17, 15) is 19.2 Å². The van der Waals surface area contributed by atoms with Crippen molar-refractivity contribution in [3.05, 3.63) is 99.6 Å². The largest absolute Gasteiger partial charge is 0.350 e. The first-order valence-corrected chi connectivity index (χ1v) is 11.3. The number of anilines is 1. The number of fused-ring (bicyclic) bond motifs is 2. The maximum atomic E-state index is 12.6. The van der Waals surface area contributed by atoms with Gasteiger partial charge in [0.05, 0.1) is 17.7 Å². The SMILES string of the molecule is Cc1ccc2c(c1)C(=O)N(CCCC(=O)Nc1cccc(Cn3nc4ccccn4c3=O)c1)C2=O. The highest BCUT2D eigenvalue weighted by Gasteiger charge is 2.34. The van der Waals surface area contributed by atoms with Crippen LogP contribution in [-0.2, 0) is 11.3 Å². The van der Waals surface area contributed by atoms with Crippen LogP contribution in [0.1, 0.15) is 44.7 Å².